The smallest absolute Gasteiger partial charge is 0.357 e. The molecule has 0 atom stereocenters. The maximum Gasteiger partial charge on any atom is 0.357 e. The first-order chi connectivity index (χ1) is 8.79. The van der Waals surface area contributed by atoms with E-state index in [4.69, 9.17) is 10.5 Å². The van der Waals surface area contributed by atoms with Crippen LogP contribution in [-0.4, -0.2) is 24.1 Å². The number of carbonyl (C=O) groups excluding carboxylic acids is 1. The zero-order valence-electron chi connectivity index (χ0n) is 9.80. The maximum atomic E-state index is 11.7. The number of aromatic nitrogens is 1. The van der Waals surface area contributed by atoms with Crippen molar-refractivity contribution in [2.24, 2.45) is 5.73 Å². The van der Waals surface area contributed by atoms with Gasteiger partial charge in [0.2, 0.25) is 0 Å². The molecule has 0 amide bonds. The van der Waals surface area contributed by atoms with Crippen molar-refractivity contribution >= 4 is 28.6 Å². The number of rotatable bonds is 6. The molecule has 2 rings (SSSR count). The van der Waals surface area contributed by atoms with Gasteiger partial charge in [-0.3, -0.25) is 0 Å². The van der Waals surface area contributed by atoms with Gasteiger partial charge in [0.05, 0.1) is 11.6 Å². The first-order valence-corrected chi connectivity index (χ1v) is 7.39. The fraction of sp³-hybridized carbons (Fsp3) is 0.333. The molecule has 0 aliphatic carbocycles. The first-order valence-electron chi connectivity index (χ1n) is 5.63. The third-order valence-electron chi connectivity index (χ3n) is 2.28. The van der Waals surface area contributed by atoms with Crippen molar-refractivity contribution in [3.63, 3.8) is 0 Å². The molecule has 0 aliphatic heterocycles. The Morgan fingerprint density at radius 3 is 3.00 bits per heavy atom. The van der Waals surface area contributed by atoms with Gasteiger partial charge in [-0.2, -0.15) is 0 Å². The largest absolute Gasteiger partial charge is 0.461 e. The third-order valence-corrected chi connectivity index (χ3v) is 4.13. The molecule has 0 aromatic carbocycles. The minimum absolute atomic E-state index is 0.355. The van der Waals surface area contributed by atoms with Gasteiger partial charge in [-0.05, 0) is 18.0 Å². The molecule has 2 aromatic rings. The fourth-order valence-corrected chi connectivity index (χ4v) is 2.89. The zero-order chi connectivity index (χ0) is 12.8. The summed E-state index contributed by atoms with van der Waals surface area (Å²) in [5, 5.41) is 4.61. The van der Waals surface area contributed by atoms with Crippen LogP contribution in [0.25, 0.3) is 0 Å². The van der Waals surface area contributed by atoms with Crippen molar-refractivity contribution < 1.29 is 9.53 Å². The van der Waals surface area contributed by atoms with Gasteiger partial charge in [0.15, 0.2) is 5.69 Å². The lowest BCUT2D eigenvalue weighted by atomic mass is 10.4. The molecule has 0 saturated heterocycles. The van der Waals surface area contributed by atoms with Crippen molar-refractivity contribution in [2.75, 3.05) is 13.2 Å². The Morgan fingerprint density at radius 2 is 2.28 bits per heavy atom. The van der Waals surface area contributed by atoms with E-state index in [9.17, 15) is 4.79 Å². The topological polar surface area (TPSA) is 65.2 Å². The lowest BCUT2D eigenvalue weighted by molar-refractivity contribution is 0.0504. The van der Waals surface area contributed by atoms with Crippen LogP contribution in [-0.2, 0) is 17.6 Å². The van der Waals surface area contributed by atoms with Crippen LogP contribution < -0.4 is 5.73 Å². The van der Waals surface area contributed by atoms with Gasteiger partial charge >= 0.3 is 5.97 Å². The minimum Gasteiger partial charge on any atom is -0.461 e. The Kier molecular flexibility index (Phi) is 4.86. The number of thiophene rings is 1. The molecule has 6 heteroatoms. The van der Waals surface area contributed by atoms with Crippen LogP contribution in [0.3, 0.4) is 0 Å². The molecule has 0 saturated carbocycles. The number of hydrogen-bond acceptors (Lipinski definition) is 6. The molecular weight excluding hydrogens is 268 g/mol. The van der Waals surface area contributed by atoms with Crippen LogP contribution in [0.1, 0.15) is 20.4 Å². The van der Waals surface area contributed by atoms with Gasteiger partial charge in [0, 0.05) is 23.1 Å². The number of carbonyl (C=O) groups is 1. The zero-order valence-corrected chi connectivity index (χ0v) is 11.4. The molecule has 0 spiro atoms. The summed E-state index contributed by atoms with van der Waals surface area (Å²) in [7, 11) is 0. The van der Waals surface area contributed by atoms with E-state index in [0.29, 0.717) is 25.3 Å². The molecule has 2 aromatic heterocycles. The second-order valence-corrected chi connectivity index (χ2v) is 5.61. The minimum atomic E-state index is -0.355. The quantitative estimate of drug-likeness (QED) is 0.824. The highest BCUT2D eigenvalue weighted by Crippen LogP contribution is 2.12. The van der Waals surface area contributed by atoms with Crippen LogP contribution in [0.5, 0.6) is 0 Å². The monoisotopic (exact) mass is 282 g/mol. The van der Waals surface area contributed by atoms with Gasteiger partial charge in [-0.25, -0.2) is 9.78 Å². The van der Waals surface area contributed by atoms with E-state index in [1.807, 2.05) is 17.5 Å². The Bertz CT molecular complexity index is 494. The number of esters is 1. The highest BCUT2D eigenvalue weighted by atomic mass is 32.1. The summed E-state index contributed by atoms with van der Waals surface area (Å²) >= 11 is 3.11. The van der Waals surface area contributed by atoms with Gasteiger partial charge < -0.3 is 10.5 Å². The molecule has 0 unspecified atom stereocenters. The van der Waals surface area contributed by atoms with Crippen LogP contribution in [0.2, 0.25) is 0 Å². The van der Waals surface area contributed by atoms with Gasteiger partial charge in [0.1, 0.15) is 0 Å². The lowest BCUT2D eigenvalue weighted by Crippen LogP contribution is -2.09. The summed E-state index contributed by atoms with van der Waals surface area (Å²) in [5.41, 5.74) is 5.82. The van der Waals surface area contributed by atoms with E-state index in [1.54, 1.807) is 16.7 Å². The molecule has 0 bridgehead atoms. The predicted molar refractivity (Wildman–Crippen MR) is 73.2 cm³/mol. The van der Waals surface area contributed by atoms with Gasteiger partial charge in [-0.1, -0.05) is 6.07 Å². The number of nitrogens with two attached hydrogens (primary N) is 1. The standard InChI is InChI=1S/C12H14N2O2S2/c13-5-3-11-14-10(8-18-11)12(15)16-6-4-9-2-1-7-17-9/h1-2,7-8H,3-6,13H2. The van der Waals surface area contributed by atoms with Crippen molar-refractivity contribution in [3.8, 4) is 0 Å². The average molecular weight is 282 g/mol. The van der Waals surface area contributed by atoms with E-state index in [-0.39, 0.29) is 5.97 Å². The molecule has 0 radical (unpaired) electrons. The highest BCUT2D eigenvalue weighted by molar-refractivity contribution is 7.10. The molecule has 2 heterocycles. The molecule has 2 N–H and O–H groups in total. The SMILES string of the molecule is NCCc1nc(C(=O)OCCc2cccs2)cs1. The fourth-order valence-electron chi connectivity index (χ4n) is 1.42. The third kappa shape index (κ3) is 3.63. The van der Waals surface area contributed by atoms with E-state index < -0.39 is 0 Å². The van der Waals surface area contributed by atoms with Crippen LogP contribution in [0.4, 0.5) is 0 Å². The number of hydrogen-bond donors (Lipinski definition) is 1. The Morgan fingerprint density at radius 1 is 1.39 bits per heavy atom. The predicted octanol–water partition coefficient (Wildman–Crippen LogP) is 2.11. The van der Waals surface area contributed by atoms with E-state index in [0.717, 1.165) is 11.4 Å². The number of nitrogens with zero attached hydrogens (tertiary/aromatic N) is 1. The van der Waals surface area contributed by atoms with Crippen LogP contribution in [0.15, 0.2) is 22.9 Å². The summed E-state index contributed by atoms with van der Waals surface area (Å²) in [4.78, 5) is 17.1. The number of ether oxygens (including phenoxy) is 1. The highest BCUT2D eigenvalue weighted by Gasteiger charge is 2.11. The van der Waals surface area contributed by atoms with Gasteiger partial charge in [-0.15, -0.1) is 22.7 Å². The van der Waals surface area contributed by atoms with Gasteiger partial charge in [0.25, 0.3) is 0 Å². The summed E-state index contributed by atoms with van der Waals surface area (Å²) in [6.45, 7) is 0.934. The molecule has 4 nitrogen and oxygen atoms in total. The van der Waals surface area contributed by atoms with Crippen molar-refractivity contribution in [2.45, 2.75) is 12.8 Å². The molecular formula is C12H14N2O2S2. The van der Waals surface area contributed by atoms with Crippen molar-refractivity contribution in [1.82, 2.24) is 4.98 Å². The van der Waals surface area contributed by atoms with E-state index >= 15 is 0 Å². The average Bonchev–Trinajstić information content (AvgIpc) is 3.00. The molecule has 0 fully saturated rings. The Balaban J connectivity index is 1.80. The Labute approximate surface area is 113 Å². The molecule has 0 aliphatic rings. The lowest BCUT2D eigenvalue weighted by Gasteiger charge is -2.01. The second-order valence-electron chi connectivity index (χ2n) is 3.63. The summed E-state index contributed by atoms with van der Waals surface area (Å²) in [6.07, 6.45) is 1.45. The summed E-state index contributed by atoms with van der Waals surface area (Å²) in [6, 6.07) is 4.02. The van der Waals surface area contributed by atoms with Crippen molar-refractivity contribution in [3.05, 3.63) is 38.5 Å². The maximum absolute atomic E-state index is 11.7. The second kappa shape index (κ2) is 6.63. The number of thiazole rings is 1. The van der Waals surface area contributed by atoms with E-state index in [1.165, 1.54) is 16.2 Å². The van der Waals surface area contributed by atoms with Crippen LogP contribution >= 0.6 is 22.7 Å². The molecule has 18 heavy (non-hydrogen) atoms. The van der Waals surface area contributed by atoms with Crippen LogP contribution in [0, 0.1) is 0 Å². The first kappa shape index (κ1) is 13.2. The molecule has 96 valence electrons. The van der Waals surface area contributed by atoms with Crippen molar-refractivity contribution in [1.29, 1.82) is 0 Å². The Hall–Kier alpha value is -1.24. The summed E-state index contributed by atoms with van der Waals surface area (Å²) < 4.78 is 5.17. The normalized spacial score (nSPS) is 10.5. The van der Waals surface area contributed by atoms with E-state index in [2.05, 4.69) is 4.98 Å². The summed E-state index contributed by atoms with van der Waals surface area (Å²) in [5.74, 6) is -0.355.